The zero-order valence-electron chi connectivity index (χ0n) is 16.5. The summed E-state index contributed by atoms with van der Waals surface area (Å²) in [7, 11) is 0. The van der Waals surface area contributed by atoms with Crippen molar-refractivity contribution < 1.29 is 14.4 Å². The molecule has 2 saturated heterocycles. The van der Waals surface area contributed by atoms with Crippen LogP contribution in [-0.4, -0.2) is 17.9 Å². The first kappa shape index (κ1) is 20.2. The number of nitrogens with zero attached hydrogens (tertiary/aromatic N) is 2. The number of hydroxylamine groups is 1. The van der Waals surface area contributed by atoms with Crippen LogP contribution in [0.5, 0.6) is 0 Å². The highest BCUT2D eigenvalue weighted by molar-refractivity contribution is 9.10. The van der Waals surface area contributed by atoms with Crippen molar-refractivity contribution in [1.82, 2.24) is 0 Å². The number of para-hydroxylation sites is 1. The lowest BCUT2D eigenvalue weighted by atomic mass is 9.90. The standard InChI is InChI=1S/C24H18BrClN2O3/c1-14-10-11-18(13-19(14)26)27-23(29)20-21(15-6-5-7-16(25)12-15)28(31-22(20)24(27)30)17-8-3-2-4-9-17/h2-13,20-22H,1H3. The van der Waals surface area contributed by atoms with E-state index in [2.05, 4.69) is 15.9 Å². The zero-order chi connectivity index (χ0) is 21.7. The van der Waals surface area contributed by atoms with Crippen LogP contribution >= 0.6 is 27.5 Å². The summed E-state index contributed by atoms with van der Waals surface area (Å²) in [6.45, 7) is 1.87. The highest BCUT2D eigenvalue weighted by Crippen LogP contribution is 2.48. The molecular formula is C24H18BrClN2O3. The molecule has 0 saturated carbocycles. The second kappa shape index (κ2) is 7.79. The molecule has 3 aromatic rings. The summed E-state index contributed by atoms with van der Waals surface area (Å²) >= 11 is 9.77. The van der Waals surface area contributed by atoms with Gasteiger partial charge in [-0.1, -0.05) is 63.9 Å². The highest BCUT2D eigenvalue weighted by atomic mass is 79.9. The normalized spacial score (nSPS) is 22.9. The molecule has 31 heavy (non-hydrogen) atoms. The topological polar surface area (TPSA) is 49.9 Å². The van der Waals surface area contributed by atoms with Crippen molar-refractivity contribution >= 4 is 50.7 Å². The van der Waals surface area contributed by atoms with Crippen molar-refractivity contribution in [3.63, 3.8) is 0 Å². The van der Waals surface area contributed by atoms with E-state index in [1.807, 2.05) is 61.5 Å². The van der Waals surface area contributed by atoms with Gasteiger partial charge in [0, 0.05) is 9.50 Å². The number of imide groups is 1. The van der Waals surface area contributed by atoms with Crippen LogP contribution in [0.2, 0.25) is 5.02 Å². The third-order valence-corrected chi connectivity index (χ3v) is 6.63. The van der Waals surface area contributed by atoms with Gasteiger partial charge in [-0.15, -0.1) is 0 Å². The van der Waals surface area contributed by atoms with E-state index >= 15 is 0 Å². The maximum atomic E-state index is 13.6. The summed E-state index contributed by atoms with van der Waals surface area (Å²) in [4.78, 5) is 34.2. The number of halogens is 2. The molecule has 0 bridgehead atoms. The summed E-state index contributed by atoms with van der Waals surface area (Å²) in [5, 5.41) is 2.19. The number of hydrogen-bond donors (Lipinski definition) is 0. The lowest BCUT2D eigenvalue weighted by Crippen LogP contribution is -2.37. The highest BCUT2D eigenvalue weighted by Gasteiger charge is 2.60. The Balaban J connectivity index is 1.59. The number of carbonyl (C=O) groups is 2. The molecule has 0 aromatic heterocycles. The lowest BCUT2D eigenvalue weighted by molar-refractivity contribution is -0.126. The minimum Gasteiger partial charge on any atom is -0.273 e. The average Bonchev–Trinajstić information content (AvgIpc) is 3.27. The summed E-state index contributed by atoms with van der Waals surface area (Å²) in [5.41, 5.74) is 3.01. The molecule has 0 spiro atoms. The lowest BCUT2D eigenvalue weighted by Gasteiger charge is -2.29. The zero-order valence-corrected chi connectivity index (χ0v) is 18.9. The van der Waals surface area contributed by atoms with Gasteiger partial charge in [-0.2, -0.15) is 0 Å². The Labute approximate surface area is 193 Å². The minimum absolute atomic E-state index is 0.293. The number of benzene rings is 3. The van der Waals surface area contributed by atoms with Crippen molar-refractivity contribution in [2.45, 2.75) is 19.1 Å². The van der Waals surface area contributed by atoms with Crippen molar-refractivity contribution in [2.24, 2.45) is 5.92 Å². The Morgan fingerprint density at radius 3 is 2.39 bits per heavy atom. The fourth-order valence-corrected chi connectivity index (χ4v) is 4.81. The molecular weight excluding hydrogens is 480 g/mol. The smallest absolute Gasteiger partial charge is 0.266 e. The van der Waals surface area contributed by atoms with Crippen LogP contribution in [0.3, 0.4) is 0 Å². The van der Waals surface area contributed by atoms with Crippen LogP contribution in [0.15, 0.2) is 77.3 Å². The molecule has 2 heterocycles. The number of carbonyl (C=O) groups excluding carboxylic acids is 2. The Hall–Kier alpha value is -2.67. The van der Waals surface area contributed by atoms with Crippen LogP contribution in [0.4, 0.5) is 11.4 Å². The van der Waals surface area contributed by atoms with E-state index in [-0.39, 0.29) is 11.8 Å². The third kappa shape index (κ3) is 3.35. The van der Waals surface area contributed by atoms with E-state index in [0.717, 1.165) is 21.3 Å². The van der Waals surface area contributed by atoms with Gasteiger partial charge in [-0.05, 0) is 54.4 Å². The van der Waals surface area contributed by atoms with E-state index in [4.69, 9.17) is 16.4 Å². The van der Waals surface area contributed by atoms with Crippen LogP contribution in [0, 0.1) is 12.8 Å². The fraction of sp³-hybridized carbons (Fsp3) is 0.167. The van der Waals surface area contributed by atoms with Gasteiger partial charge in [-0.3, -0.25) is 14.4 Å². The summed E-state index contributed by atoms with van der Waals surface area (Å²) in [6.07, 6.45) is -0.906. The molecule has 0 aliphatic carbocycles. The molecule has 5 nitrogen and oxygen atoms in total. The number of fused-ring (bicyclic) bond motifs is 1. The number of aryl methyl sites for hydroxylation is 1. The number of hydrogen-bond acceptors (Lipinski definition) is 4. The molecule has 3 aromatic carbocycles. The van der Waals surface area contributed by atoms with Gasteiger partial charge < -0.3 is 0 Å². The van der Waals surface area contributed by atoms with E-state index in [0.29, 0.717) is 10.7 Å². The Morgan fingerprint density at radius 2 is 1.68 bits per heavy atom. The predicted octanol–water partition coefficient (Wildman–Crippen LogP) is 5.46. The molecule has 2 aliphatic heterocycles. The van der Waals surface area contributed by atoms with Gasteiger partial charge in [-0.25, -0.2) is 9.96 Å². The maximum Gasteiger partial charge on any atom is 0.266 e. The maximum absolute atomic E-state index is 13.6. The first-order valence-corrected chi connectivity index (χ1v) is 11.0. The molecule has 0 radical (unpaired) electrons. The van der Waals surface area contributed by atoms with Gasteiger partial charge in [0.05, 0.1) is 17.4 Å². The summed E-state index contributed by atoms with van der Waals surface area (Å²) < 4.78 is 0.889. The molecule has 3 atom stereocenters. The quantitative estimate of drug-likeness (QED) is 0.451. The van der Waals surface area contributed by atoms with Crippen molar-refractivity contribution in [2.75, 3.05) is 9.96 Å². The van der Waals surface area contributed by atoms with Crippen LogP contribution < -0.4 is 9.96 Å². The monoisotopic (exact) mass is 496 g/mol. The first-order valence-electron chi connectivity index (χ1n) is 9.86. The second-order valence-electron chi connectivity index (χ2n) is 7.66. The summed E-state index contributed by atoms with van der Waals surface area (Å²) in [5.74, 6) is -1.35. The van der Waals surface area contributed by atoms with Crippen molar-refractivity contribution in [3.8, 4) is 0 Å². The Bertz CT molecular complexity index is 1190. The van der Waals surface area contributed by atoms with Crippen molar-refractivity contribution in [1.29, 1.82) is 0 Å². The fourth-order valence-electron chi connectivity index (χ4n) is 4.22. The Morgan fingerprint density at radius 1 is 0.903 bits per heavy atom. The van der Waals surface area contributed by atoms with Gasteiger partial charge in [0.2, 0.25) is 5.91 Å². The van der Waals surface area contributed by atoms with Crippen molar-refractivity contribution in [3.05, 3.63) is 93.4 Å². The van der Waals surface area contributed by atoms with Gasteiger partial charge in [0.1, 0.15) is 5.92 Å². The molecule has 3 unspecified atom stereocenters. The average molecular weight is 498 g/mol. The second-order valence-corrected chi connectivity index (χ2v) is 8.98. The SMILES string of the molecule is Cc1ccc(N2C(=O)C3ON(c4ccccc4)C(c4cccc(Br)c4)C3C2=O)cc1Cl. The van der Waals surface area contributed by atoms with E-state index < -0.39 is 18.1 Å². The number of amides is 2. The van der Waals surface area contributed by atoms with Crippen LogP contribution in [-0.2, 0) is 14.4 Å². The molecule has 2 aliphatic rings. The molecule has 156 valence electrons. The van der Waals surface area contributed by atoms with E-state index in [1.54, 1.807) is 23.3 Å². The predicted molar refractivity (Wildman–Crippen MR) is 123 cm³/mol. The largest absolute Gasteiger partial charge is 0.273 e. The number of anilines is 2. The van der Waals surface area contributed by atoms with Gasteiger partial charge in [0.15, 0.2) is 6.10 Å². The van der Waals surface area contributed by atoms with E-state index in [9.17, 15) is 9.59 Å². The van der Waals surface area contributed by atoms with Crippen LogP contribution in [0.25, 0.3) is 0 Å². The summed E-state index contributed by atoms with van der Waals surface area (Å²) in [6, 6.07) is 22.0. The van der Waals surface area contributed by atoms with Crippen LogP contribution in [0.1, 0.15) is 17.2 Å². The molecule has 2 amide bonds. The third-order valence-electron chi connectivity index (χ3n) is 5.73. The van der Waals surface area contributed by atoms with Gasteiger partial charge >= 0.3 is 0 Å². The molecule has 2 fully saturated rings. The molecule has 5 rings (SSSR count). The van der Waals surface area contributed by atoms with E-state index in [1.165, 1.54) is 4.90 Å². The minimum atomic E-state index is -0.906. The number of rotatable bonds is 3. The molecule has 0 N–H and O–H groups in total. The molecule has 7 heteroatoms. The van der Waals surface area contributed by atoms with Gasteiger partial charge in [0.25, 0.3) is 5.91 Å². The first-order chi connectivity index (χ1) is 15.0. The Kier molecular flexibility index (Phi) is 5.08.